The molecule has 3 rings (SSSR count). The average Bonchev–Trinajstić information content (AvgIpc) is 2.73. The molecular weight excluding hydrogens is 386 g/mol. The number of hydrogen-bond donors (Lipinski definition) is 2. The number of amides is 1. The Bertz CT molecular complexity index is 864. The van der Waals surface area contributed by atoms with Crippen LogP contribution >= 0.6 is 0 Å². The zero-order valence-electron chi connectivity index (χ0n) is 19.4. The number of benzene rings is 2. The van der Waals surface area contributed by atoms with Crippen LogP contribution in [0.3, 0.4) is 0 Å². The Morgan fingerprint density at radius 1 is 1.19 bits per heavy atom. The molecule has 0 spiro atoms. The second kappa shape index (κ2) is 10.7. The number of nitrogens with one attached hydrogen (secondary N) is 1. The van der Waals surface area contributed by atoms with Gasteiger partial charge in [-0.15, -0.1) is 0 Å². The van der Waals surface area contributed by atoms with E-state index in [-0.39, 0.29) is 17.9 Å². The lowest BCUT2D eigenvalue weighted by Gasteiger charge is -2.35. The van der Waals surface area contributed by atoms with Crippen LogP contribution < -0.4 is 10.1 Å². The van der Waals surface area contributed by atoms with E-state index in [1.165, 1.54) is 5.56 Å². The maximum Gasteiger partial charge on any atom is 0.216 e. The number of carbonyl (C=O) groups is 1. The first kappa shape index (κ1) is 23.2. The van der Waals surface area contributed by atoms with Gasteiger partial charge in [0.15, 0.2) is 0 Å². The van der Waals surface area contributed by atoms with E-state index in [0.29, 0.717) is 24.1 Å². The summed E-state index contributed by atoms with van der Waals surface area (Å²) >= 11 is 0. The van der Waals surface area contributed by atoms with E-state index in [4.69, 9.17) is 4.74 Å². The van der Waals surface area contributed by atoms with Crippen LogP contribution in [0.15, 0.2) is 42.5 Å². The summed E-state index contributed by atoms with van der Waals surface area (Å²) in [6.45, 7) is 8.74. The van der Waals surface area contributed by atoms with Gasteiger partial charge in [-0.05, 0) is 80.0 Å². The number of aromatic hydroxyl groups is 1. The summed E-state index contributed by atoms with van der Waals surface area (Å²) < 4.78 is 6.17. The van der Waals surface area contributed by atoms with E-state index < -0.39 is 0 Å². The van der Waals surface area contributed by atoms with Crippen LogP contribution in [0.5, 0.6) is 11.5 Å². The highest BCUT2D eigenvalue weighted by Crippen LogP contribution is 2.47. The molecule has 0 saturated heterocycles. The SMILES string of the molecule is CC(=O)NCCC(C)C1CC(C)Oc2cc(C(C)CCCc3ccccc3)cc(O)c21. The third kappa shape index (κ3) is 6.25. The van der Waals surface area contributed by atoms with Crippen molar-refractivity contribution >= 4 is 5.91 Å². The largest absolute Gasteiger partial charge is 0.508 e. The third-order valence-electron chi connectivity index (χ3n) is 6.60. The van der Waals surface area contributed by atoms with E-state index in [1.807, 2.05) is 6.07 Å². The lowest BCUT2D eigenvalue weighted by atomic mass is 9.78. The van der Waals surface area contributed by atoms with Gasteiger partial charge in [0.05, 0.1) is 6.10 Å². The van der Waals surface area contributed by atoms with E-state index >= 15 is 0 Å². The smallest absolute Gasteiger partial charge is 0.216 e. The summed E-state index contributed by atoms with van der Waals surface area (Å²) in [6, 6.07) is 14.7. The second-order valence-electron chi connectivity index (χ2n) is 9.25. The van der Waals surface area contributed by atoms with E-state index in [0.717, 1.165) is 49.0 Å². The Morgan fingerprint density at radius 3 is 2.65 bits per heavy atom. The molecule has 0 aromatic heterocycles. The van der Waals surface area contributed by atoms with Crippen molar-refractivity contribution in [3.63, 3.8) is 0 Å². The molecule has 1 heterocycles. The van der Waals surface area contributed by atoms with Gasteiger partial charge in [0.1, 0.15) is 11.5 Å². The van der Waals surface area contributed by atoms with Crippen LogP contribution in [0.4, 0.5) is 0 Å². The Hall–Kier alpha value is -2.49. The van der Waals surface area contributed by atoms with Crippen molar-refractivity contribution in [2.75, 3.05) is 6.54 Å². The molecule has 0 bridgehead atoms. The highest BCUT2D eigenvalue weighted by Gasteiger charge is 2.33. The van der Waals surface area contributed by atoms with E-state index in [1.54, 1.807) is 6.92 Å². The van der Waals surface area contributed by atoms with Crippen LogP contribution in [0.2, 0.25) is 0 Å². The first-order chi connectivity index (χ1) is 14.8. The summed E-state index contributed by atoms with van der Waals surface area (Å²) in [6.07, 6.45) is 5.14. The van der Waals surface area contributed by atoms with Crippen molar-refractivity contribution in [1.29, 1.82) is 0 Å². The van der Waals surface area contributed by atoms with Gasteiger partial charge in [0, 0.05) is 19.0 Å². The summed E-state index contributed by atoms with van der Waals surface area (Å²) in [7, 11) is 0. The molecule has 168 valence electrons. The molecule has 0 saturated carbocycles. The predicted octanol–water partition coefficient (Wildman–Crippen LogP) is 5.94. The maximum absolute atomic E-state index is 11.2. The van der Waals surface area contributed by atoms with Crippen LogP contribution in [0.1, 0.15) is 81.9 Å². The fourth-order valence-electron chi connectivity index (χ4n) is 4.75. The number of aryl methyl sites for hydroxylation is 1. The Balaban J connectivity index is 1.69. The zero-order valence-corrected chi connectivity index (χ0v) is 19.4. The van der Waals surface area contributed by atoms with Gasteiger partial charge in [-0.3, -0.25) is 4.79 Å². The normalized spacial score (nSPS) is 19.7. The summed E-state index contributed by atoms with van der Waals surface area (Å²) in [5, 5.41) is 13.8. The Labute approximate surface area is 187 Å². The first-order valence-corrected chi connectivity index (χ1v) is 11.7. The predicted molar refractivity (Wildman–Crippen MR) is 126 cm³/mol. The number of rotatable bonds is 9. The molecule has 2 N–H and O–H groups in total. The van der Waals surface area contributed by atoms with Crippen molar-refractivity contribution in [2.24, 2.45) is 5.92 Å². The van der Waals surface area contributed by atoms with Gasteiger partial charge in [0.2, 0.25) is 5.91 Å². The molecule has 1 aliphatic heterocycles. The number of ether oxygens (including phenoxy) is 1. The fraction of sp³-hybridized carbons (Fsp3) is 0.519. The Kier molecular flexibility index (Phi) is 8.00. The second-order valence-corrected chi connectivity index (χ2v) is 9.25. The van der Waals surface area contributed by atoms with Gasteiger partial charge in [-0.25, -0.2) is 0 Å². The molecule has 31 heavy (non-hydrogen) atoms. The molecule has 4 heteroatoms. The van der Waals surface area contributed by atoms with Crippen molar-refractivity contribution in [2.45, 2.75) is 77.7 Å². The summed E-state index contributed by atoms with van der Waals surface area (Å²) in [5.74, 6) is 2.12. The molecule has 4 nitrogen and oxygen atoms in total. The number of hydrogen-bond acceptors (Lipinski definition) is 3. The maximum atomic E-state index is 11.2. The number of phenols is 1. The molecule has 2 aromatic rings. The van der Waals surface area contributed by atoms with Crippen molar-refractivity contribution in [3.8, 4) is 11.5 Å². The van der Waals surface area contributed by atoms with Gasteiger partial charge < -0.3 is 15.2 Å². The lowest BCUT2D eigenvalue weighted by Crippen LogP contribution is -2.29. The quantitative estimate of drug-likeness (QED) is 0.525. The minimum Gasteiger partial charge on any atom is -0.508 e. The fourth-order valence-corrected chi connectivity index (χ4v) is 4.75. The minimum atomic E-state index is 0.00156. The van der Waals surface area contributed by atoms with Crippen LogP contribution in [0, 0.1) is 5.92 Å². The molecule has 1 amide bonds. The van der Waals surface area contributed by atoms with Crippen molar-refractivity contribution in [1.82, 2.24) is 5.32 Å². The molecule has 1 aliphatic rings. The van der Waals surface area contributed by atoms with Gasteiger partial charge >= 0.3 is 0 Å². The number of fused-ring (bicyclic) bond motifs is 1. The summed E-state index contributed by atoms with van der Waals surface area (Å²) in [4.78, 5) is 11.2. The van der Waals surface area contributed by atoms with Gasteiger partial charge in [-0.2, -0.15) is 0 Å². The lowest BCUT2D eigenvalue weighted by molar-refractivity contribution is -0.119. The van der Waals surface area contributed by atoms with Crippen LogP contribution in [-0.4, -0.2) is 23.7 Å². The van der Waals surface area contributed by atoms with Crippen molar-refractivity contribution in [3.05, 3.63) is 59.2 Å². The number of phenolic OH excluding ortho intramolecular Hbond substituents is 1. The van der Waals surface area contributed by atoms with Gasteiger partial charge in [0.25, 0.3) is 0 Å². The highest BCUT2D eigenvalue weighted by molar-refractivity contribution is 5.72. The van der Waals surface area contributed by atoms with E-state index in [9.17, 15) is 9.90 Å². The highest BCUT2D eigenvalue weighted by atomic mass is 16.5. The van der Waals surface area contributed by atoms with Gasteiger partial charge in [-0.1, -0.05) is 44.2 Å². The first-order valence-electron chi connectivity index (χ1n) is 11.7. The minimum absolute atomic E-state index is 0.00156. The molecule has 0 radical (unpaired) electrons. The average molecular weight is 424 g/mol. The molecule has 0 aliphatic carbocycles. The van der Waals surface area contributed by atoms with Crippen molar-refractivity contribution < 1.29 is 14.6 Å². The van der Waals surface area contributed by atoms with E-state index in [2.05, 4.69) is 62.5 Å². The molecule has 0 fully saturated rings. The van der Waals surface area contributed by atoms with Crippen LogP contribution in [0.25, 0.3) is 0 Å². The number of carbonyl (C=O) groups excluding carboxylic acids is 1. The van der Waals surface area contributed by atoms with Crippen LogP contribution in [-0.2, 0) is 11.2 Å². The molecule has 4 atom stereocenters. The monoisotopic (exact) mass is 423 g/mol. The molecule has 4 unspecified atom stereocenters. The standard InChI is InChI=1S/C27H37NO3/c1-18(9-8-12-22-10-6-5-7-11-22)23-16-25(30)27-24(15-20(3)31-26(27)17-23)19(2)13-14-28-21(4)29/h5-7,10-11,16-20,24,30H,8-9,12-15H2,1-4H3,(H,28,29). The molecular formula is C27H37NO3. The Morgan fingerprint density at radius 2 is 1.94 bits per heavy atom. The summed E-state index contributed by atoms with van der Waals surface area (Å²) in [5.41, 5.74) is 3.45. The molecule has 2 aromatic carbocycles. The zero-order chi connectivity index (χ0) is 22.4. The third-order valence-corrected chi connectivity index (χ3v) is 6.60. The topological polar surface area (TPSA) is 58.6 Å².